The van der Waals surface area contributed by atoms with E-state index in [-0.39, 0.29) is 17.1 Å². The maximum atomic E-state index is 13.7. The van der Waals surface area contributed by atoms with E-state index in [1.807, 2.05) is 32.1 Å². The molecule has 6 nitrogen and oxygen atoms in total. The summed E-state index contributed by atoms with van der Waals surface area (Å²) in [6, 6.07) is 12.5. The third-order valence-electron chi connectivity index (χ3n) is 5.26. The molecule has 3 aromatic heterocycles. The normalized spacial score (nSPS) is 12.7. The Labute approximate surface area is 199 Å². The Kier molecular flexibility index (Phi) is 6.77. The zero-order chi connectivity index (χ0) is 25.0. The van der Waals surface area contributed by atoms with Crippen molar-refractivity contribution in [3.63, 3.8) is 0 Å². The van der Waals surface area contributed by atoms with Gasteiger partial charge in [-0.2, -0.15) is 18.3 Å². The van der Waals surface area contributed by atoms with Crippen molar-refractivity contribution in [1.29, 1.82) is 0 Å². The fourth-order valence-electron chi connectivity index (χ4n) is 3.57. The molecule has 35 heavy (non-hydrogen) atoms. The molecule has 0 aliphatic rings. The number of nitrogens with zero attached hydrogens (tertiary/aromatic N) is 4. The minimum atomic E-state index is -4.65. The molecule has 4 rings (SSSR count). The van der Waals surface area contributed by atoms with Crippen LogP contribution in [0.1, 0.15) is 36.3 Å². The molecule has 1 aromatic carbocycles. The van der Waals surface area contributed by atoms with Crippen LogP contribution in [0.5, 0.6) is 0 Å². The topological polar surface area (TPSA) is 72.7 Å². The zero-order valence-electron chi connectivity index (χ0n) is 19.0. The van der Waals surface area contributed by atoms with Crippen LogP contribution < -0.4 is 15.8 Å². The highest BCUT2D eigenvalue weighted by molar-refractivity contribution is 6.04. The number of hydrogen-bond donors (Lipinski definition) is 1. The van der Waals surface area contributed by atoms with Crippen molar-refractivity contribution in [1.82, 2.24) is 19.7 Å². The molecule has 0 aliphatic carbocycles. The monoisotopic (exact) mass is 477 g/mol. The molecule has 0 atom stereocenters. The van der Waals surface area contributed by atoms with E-state index in [4.69, 9.17) is 0 Å². The molecule has 0 aliphatic heterocycles. The van der Waals surface area contributed by atoms with Gasteiger partial charge in [0.25, 0.3) is 5.91 Å². The molecule has 178 valence electrons. The van der Waals surface area contributed by atoms with Crippen molar-refractivity contribution < 1.29 is 18.0 Å². The summed E-state index contributed by atoms with van der Waals surface area (Å²) < 4.78 is 41.8. The van der Waals surface area contributed by atoms with Gasteiger partial charge >= 0.3 is 6.18 Å². The van der Waals surface area contributed by atoms with E-state index < -0.39 is 17.8 Å². The standard InChI is InChI=1S/C26H22F3N5O/c1-3-6-18-8-10-21(13-17(18)4-2)32-25(35)20-9-11-24(31-16-20)34-23(26(27,28)29)14-22(33-34)19-7-5-12-30-15-19/h4-16H,3H2,1-2H3,(H,32,35)/b17-4-,18-6-. The molecule has 3 heterocycles. The highest BCUT2D eigenvalue weighted by Gasteiger charge is 2.36. The number of nitrogens with one attached hydrogen (secondary N) is 1. The summed E-state index contributed by atoms with van der Waals surface area (Å²) >= 11 is 0. The van der Waals surface area contributed by atoms with E-state index >= 15 is 0 Å². The number of benzene rings is 1. The van der Waals surface area contributed by atoms with Crippen LogP contribution in [0.4, 0.5) is 18.9 Å². The van der Waals surface area contributed by atoms with Gasteiger partial charge in [0.1, 0.15) is 0 Å². The Bertz CT molecular complexity index is 1460. The van der Waals surface area contributed by atoms with Gasteiger partial charge < -0.3 is 5.32 Å². The Morgan fingerprint density at radius 1 is 1.09 bits per heavy atom. The van der Waals surface area contributed by atoms with Crippen LogP contribution in [0.2, 0.25) is 0 Å². The molecule has 4 aromatic rings. The number of halogens is 3. The van der Waals surface area contributed by atoms with Crippen LogP contribution in [0.25, 0.3) is 29.2 Å². The van der Waals surface area contributed by atoms with Gasteiger partial charge in [0.05, 0.1) is 11.3 Å². The van der Waals surface area contributed by atoms with Gasteiger partial charge in [0, 0.05) is 29.8 Å². The van der Waals surface area contributed by atoms with Gasteiger partial charge in [-0.25, -0.2) is 9.67 Å². The van der Waals surface area contributed by atoms with Gasteiger partial charge in [-0.15, -0.1) is 0 Å². The Morgan fingerprint density at radius 3 is 2.54 bits per heavy atom. The minimum Gasteiger partial charge on any atom is -0.322 e. The van der Waals surface area contributed by atoms with Crippen molar-refractivity contribution in [2.24, 2.45) is 0 Å². The quantitative estimate of drug-likeness (QED) is 0.456. The number of aromatic nitrogens is 4. The number of amides is 1. The first kappa shape index (κ1) is 23.9. The molecule has 0 saturated heterocycles. The van der Waals surface area contributed by atoms with Crippen LogP contribution in [0, 0.1) is 0 Å². The average Bonchev–Trinajstić information content (AvgIpc) is 3.32. The van der Waals surface area contributed by atoms with Crippen molar-refractivity contribution in [3.8, 4) is 17.1 Å². The summed E-state index contributed by atoms with van der Waals surface area (Å²) in [6.07, 6.45) is 4.46. The molecule has 0 bridgehead atoms. The first-order chi connectivity index (χ1) is 16.8. The van der Waals surface area contributed by atoms with Gasteiger partial charge in [-0.05, 0) is 66.2 Å². The molecule has 0 radical (unpaired) electrons. The summed E-state index contributed by atoms with van der Waals surface area (Å²) in [5.41, 5.74) is 0.384. The van der Waals surface area contributed by atoms with E-state index in [1.54, 1.807) is 18.2 Å². The van der Waals surface area contributed by atoms with E-state index in [1.165, 1.54) is 30.7 Å². The number of carbonyl (C=O) groups excluding carboxylic acids is 1. The minimum absolute atomic E-state index is 0.0636. The van der Waals surface area contributed by atoms with Gasteiger partial charge in [-0.1, -0.05) is 25.1 Å². The zero-order valence-corrected chi connectivity index (χ0v) is 19.0. The maximum absolute atomic E-state index is 13.7. The van der Waals surface area contributed by atoms with E-state index in [2.05, 4.69) is 26.5 Å². The molecular weight excluding hydrogens is 455 g/mol. The number of hydrogen-bond acceptors (Lipinski definition) is 4. The van der Waals surface area contributed by atoms with Crippen LogP contribution in [-0.4, -0.2) is 25.7 Å². The van der Waals surface area contributed by atoms with E-state index in [0.29, 0.717) is 11.3 Å². The SMILES string of the molecule is C/C=c1/cc(NC(=O)c2ccc(-n3nc(-c4cccnc4)cc3C(F)(F)F)nc2)cc/c1=C/CC. The third kappa shape index (κ3) is 5.29. The van der Waals surface area contributed by atoms with Crippen molar-refractivity contribution in [2.75, 3.05) is 5.32 Å². The van der Waals surface area contributed by atoms with Crippen LogP contribution in [0.15, 0.2) is 67.1 Å². The van der Waals surface area contributed by atoms with Crippen molar-refractivity contribution in [3.05, 3.63) is 88.8 Å². The lowest BCUT2D eigenvalue weighted by molar-refractivity contribution is -0.142. The van der Waals surface area contributed by atoms with Crippen LogP contribution in [0.3, 0.4) is 0 Å². The second-order valence-corrected chi connectivity index (χ2v) is 7.67. The maximum Gasteiger partial charge on any atom is 0.433 e. The molecule has 1 N–H and O–H groups in total. The fraction of sp³-hybridized carbons (Fsp3) is 0.154. The Morgan fingerprint density at radius 2 is 1.91 bits per heavy atom. The lowest BCUT2D eigenvalue weighted by Gasteiger charge is -2.10. The molecular formula is C26H22F3N5O. The first-order valence-corrected chi connectivity index (χ1v) is 10.9. The number of rotatable bonds is 5. The van der Waals surface area contributed by atoms with Crippen LogP contribution >= 0.6 is 0 Å². The Balaban J connectivity index is 1.61. The predicted molar refractivity (Wildman–Crippen MR) is 128 cm³/mol. The van der Waals surface area contributed by atoms with E-state index in [9.17, 15) is 18.0 Å². The van der Waals surface area contributed by atoms with E-state index in [0.717, 1.165) is 27.6 Å². The highest BCUT2D eigenvalue weighted by Crippen LogP contribution is 2.33. The lowest BCUT2D eigenvalue weighted by atomic mass is 10.1. The summed E-state index contributed by atoms with van der Waals surface area (Å²) in [7, 11) is 0. The van der Waals surface area contributed by atoms with Gasteiger partial charge in [0.15, 0.2) is 11.5 Å². The van der Waals surface area contributed by atoms with Gasteiger partial charge in [-0.3, -0.25) is 9.78 Å². The number of alkyl halides is 3. The fourth-order valence-corrected chi connectivity index (χ4v) is 3.57. The van der Waals surface area contributed by atoms with Gasteiger partial charge in [0.2, 0.25) is 0 Å². The average molecular weight is 477 g/mol. The molecule has 0 spiro atoms. The first-order valence-electron chi connectivity index (χ1n) is 10.9. The summed E-state index contributed by atoms with van der Waals surface area (Å²) in [5.74, 6) is -0.489. The lowest BCUT2D eigenvalue weighted by Crippen LogP contribution is -2.25. The number of anilines is 1. The molecule has 1 amide bonds. The van der Waals surface area contributed by atoms with Crippen molar-refractivity contribution >= 4 is 23.7 Å². The van der Waals surface area contributed by atoms with Crippen molar-refractivity contribution in [2.45, 2.75) is 26.4 Å². The largest absolute Gasteiger partial charge is 0.433 e. The second kappa shape index (κ2) is 9.92. The molecule has 0 fully saturated rings. The molecule has 9 heteroatoms. The number of pyridine rings is 2. The van der Waals surface area contributed by atoms with Crippen LogP contribution in [-0.2, 0) is 6.18 Å². The summed E-state index contributed by atoms with van der Waals surface area (Å²) in [6.45, 7) is 3.97. The molecule has 0 saturated carbocycles. The summed E-state index contributed by atoms with van der Waals surface area (Å²) in [4.78, 5) is 20.7. The third-order valence-corrected chi connectivity index (χ3v) is 5.26. The number of carbonyl (C=O) groups is 1. The highest BCUT2D eigenvalue weighted by atomic mass is 19.4. The second-order valence-electron chi connectivity index (χ2n) is 7.67. The smallest absolute Gasteiger partial charge is 0.322 e. The molecule has 0 unspecified atom stereocenters. The Hall–Kier alpha value is -4.27. The predicted octanol–water partition coefficient (Wildman–Crippen LogP) is 4.59. The summed E-state index contributed by atoms with van der Waals surface area (Å²) in [5, 5.41) is 8.95.